The van der Waals surface area contributed by atoms with E-state index in [4.69, 9.17) is 26.1 Å². The summed E-state index contributed by atoms with van der Waals surface area (Å²) < 4.78 is 11.2. The summed E-state index contributed by atoms with van der Waals surface area (Å²) in [6, 6.07) is 8.96. The van der Waals surface area contributed by atoms with Crippen LogP contribution in [-0.2, 0) is 9.47 Å². The van der Waals surface area contributed by atoms with E-state index in [2.05, 4.69) is 27.0 Å². The highest BCUT2D eigenvalue weighted by Gasteiger charge is 2.23. The van der Waals surface area contributed by atoms with Gasteiger partial charge in [-0.3, -0.25) is 0 Å². The minimum Gasteiger partial charge on any atom is -0.381 e. The molecule has 0 bridgehead atoms. The maximum Gasteiger partial charge on any atom is 0.126 e. The fraction of sp³-hybridized carbons (Fsp3) is 0.630. The van der Waals surface area contributed by atoms with Crippen LogP contribution < -0.4 is 16.0 Å². The van der Waals surface area contributed by atoms with Crippen LogP contribution in [0.2, 0.25) is 5.02 Å². The summed E-state index contributed by atoms with van der Waals surface area (Å²) in [6.07, 6.45) is 11.5. The maximum atomic E-state index is 6.55. The van der Waals surface area contributed by atoms with Crippen molar-refractivity contribution in [1.29, 1.82) is 0 Å². The van der Waals surface area contributed by atoms with Crippen molar-refractivity contribution in [2.24, 2.45) is 5.92 Å². The van der Waals surface area contributed by atoms with E-state index in [1.807, 2.05) is 24.4 Å². The van der Waals surface area contributed by atoms with Crippen molar-refractivity contribution in [3.63, 3.8) is 0 Å². The molecule has 2 aromatic rings. The van der Waals surface area contributed by atoms with E-state index in [-0.39, 0.29) is 0 Å². The fourth-order valence-electron chi connectivity index (χ4n) is 5.35. The summed E-state index contributed by atoms with van der Waals surface area (Å²) in [6.45, 7) is 4.53. The Morgan fingerprint density at radius 2 is 1.71 bits per heavy atom. The van der Waals surface area contributed by atoms with Crippen molar-refractivity contribution in [2.75, 3.05) is 43.5 Å². The number of ether oxygens (including phenoxy) is 2. The second-order valence-corrected chi connectivity index (χ2v) is 10.5. The van der Waals surface area contributed by atoms with Gasteiger partial charge in [0.25, 0.3) is 0 Å². The third kappa shape index (κ3) is 7.06. The number of anilines is 2. The second-order valence-electron chi connectivity index (χ2n) is 10.1. The third-order valence-corrected chi connectivity index (χ3v) is 7.83. The van der Waals surface area contributed by atoms with Crippen LogP contribution in [0.4, 0.5) is 11.6 Å². The summed E-state index contributed by atoms with van der Waals surface area (Å²) in [4.78, 5) is 9.40. The number of nitrogens with one attached hydrogen (secondary N) is 3. The van der Waals surface area contributed by atoms with Crippen LogP contribution in [-0.4, -0.2) is 61.1 Å². The van der Waals surface area contributed by atoms with Gasteiger partial charge in [-0.15, -0.1) is 0 Å². The molecule has 2 aromatic heterocycles. The highest BCUT2D eigenvalue weighted by atomic mass is 35.5. The van der Waals surface area contributed by atoms with Gasteiger partial charge in [-0.2, -0.15) is 0 Å². The SMILES string of the molecule is Clc1ccc(NCC2CCOCC2)nc1-c1ccnc(NC2CCC(NC[C@H]3CCCO3)CC2)c1. The third-order valence-electron chi connectivity index (χ3n) is 7.53. The average molecular weight is 500 g/mol. The molecule has 1 atom stereocenters. The van der Waals surface area contributed by atoms with Gasteiger partial charge >= 0.3 is 0 Å². The molecule has 0 unspecified atom stereocenters. The zero-order chi connectivity index (χ0) is 23.9. The van der Waals surface area contributed by atoms with Crippen molar-refractivity contribution < 1.29 is 9.47 Å². The first-order chi connectivity index (χ1) is 17.2. The summed E-state index contributed by atoms with van der Waals surface area (Å²) in [5, 5.41) is 11.5. The molecule has 2 aliphatic heterocycles. The van der Waals surface area contributed by atoms with E-state index >= 15 is 0 Å². The van der Waals surface area contributed by atoms with Crippen molar-refractivity contribution in [1.82, 2.24) is 15.3 Å². The van der Waals surface area contributed by atoms with Gasteiger partial charge in [0.05, 0.1) is 16.8 Å². The smallest absolute Gasteiger partial charge is 0.126 e. The quantitative estimate of drug-likeness (QED) is 0.441. The Labute approximate surface area is 213 Å². The van der Waals surface area contributed by atoms with Crippen LogP contribution in [0.3, 0.4) is 0 Å². The molecule has 8 heteroatoms. The summed E-state index contributed by atoms with van der Waals surface area (Å²) >= 11 is 6.55. The largest absolute Gasteiger partial charge is 0.381 e. The molecule has 7 nitrogen and oxygen atoms in total. The lowest BCUT2D eigenvalue weighted by atomic mass is 9.91. The molecule has 0 radical (unpaired) electrons. The molecule has 190 valence electrons. The Balaban J connectivity index is 1.14. The van der Waals surface area contributed by atoms with Crippen molar-refractivity contribution >= 4 is 23.2 Å². The van der Waals surface area contributed by atoms with Gasteiger partial charge < -0.3 is 25.4 Å². The lowest BCUT2D eigenvalue weighted by molar-refractivity contribution is 0.0699. The van der Waals surface area contributed by atoms with Crippen LogP contribution >= 0.6 is 11.6 Å². The molecule has 0 spiro atoms. The topological polar surface area (TPSA) is 80.3 Å². The Kier molecular flexibility index (Phi) is 8.73. The number of pyridine rings is 2. The van der Waals surface area contributed by atoms with Crippen LogP contribution in [0, 0.1) is 5.92 Å². The van der Waals surface area contributed by atoms with Crippen LogP contribution in [0.15, 0.2) is 30.5 Å². The molecule has 3 aliphatic rings. The monoisotopic (exact) mass is 499 g/mol. The molecular formula is C27H38ClN5O2. The predicted octanol–water partition coefficient (Wildman–Crippen LogP) is 5.13. The van der Waals surface area contributed by atoms with Gasteiger partial charge in [-0.1, -0.05) is 11.6 Å². The van der Waals surface area contributed by atoms with Gasteiger partial charge in [0, 0.05) is 56.8 Å². The standard InChI is InChI=1S/C27H38ClN5O2/c28-24-7-8-25(31-17-19-10-14-34-15-11-19)33-27(24)20-9-12-29-26(16-20)32-22-5-3-21(4-6-22)30-18-23-2-1-13-35-23/h7-9,12,16,19,21-23,30H,1-6,10-11,13-15,17-18H2,(H,29,32)(H,31,33)/t21?,22?,23-/m1/s1. The van der Waals surface area contributed by atoms with Gasteiger partial charge in [0.1, 0.15) is 11.6 Å². The molecule has 3 fully saturated rings. The van der Waals surface area contributed by atoms with Crippen LogP contribution in [0.5, 0.6) is 0 Å². The number of hydrogen-bond acceptors (Lipinski definition) is 7. The van der Waals surface area contributed by atoms with E-state index in [1.54, 1.807) is 0 Å². The van der Waals surface area contributed by atoms with E-state index in [1.165, 1.54) is 25.7 Å². The minimum absolute atomic E-state index is 0.411. The molecule has 1 saturated carbocycles. The number of halogens is 1. The summed E-state index contributed by atoms with van der Waals surface area (Å²) in [5.74, 6) is 2.37. The van der Waals surface area contributed by atoms with E-state index < -0.39 is 0 Å². The van der Waals surface area contributed by atoms with E-state index in [0.29, 0.717) is 29.1 Å². The fourth-order valence-corrected chi connectivity index (χ4v) is 5.57. The Morgan fingerprint density at radius 3 is 2.51 bits per heavy atom. The molecular weight excluding hydrogens is 462 g/mol. The summed E-state index contributed by atoms with van der Waals surface area (Å²) in [7, 11) is 0. The van der Waals surface area contributed by atoms with E-state index in [9.17, 15) is 0 Å². The molecule has 3 N–H and O–H groups in total. The first-order valence-electron chi connectivity index (χ1n) is 13.3. The maximum absolute atomic E-state index is 6.55. The van der Waals surface area contributed by atoms with Crippen LogP contribution in [0.25, 0.3) is 11.3 Å². The molecule has 2 saturated heterocycles. The lowest BCUT2D eigenvalue weighted by Gasteiger charge is -2.30. The number of aromatic nitrogens is 2. The molecule has 35 heavy (non-hydrogen) atoms. The Bertz CT molecular complexity index is 941. The Hall–Kier alpha value is -1.93. The Morgan fingerprint density at radius 1 is 0.886 bits per heavy atom. The lowest BCUT2D eigenvalue weighted by Crippen LogP contribution is -2.40. The minimum atomic E-state index is 0.411. The highest BCUT2D eigenvalue weighted by Crippen LogP contribution is 2.30. The normalized spacial score (nSPS) is 25.5. The van der Waals surface area contributed by atoms with Crippen LogP contribution in [0.1, 0.15) is 51.4 Å². The van der Waals surface area contributed by atoms with Crippen molar-refractivity contribution in [3.05, 3.63) is 35.5 Å². The molecule has 5 rings (SSSR count). The summed E-state index contributed by atoms with van der Waals surface area (Å²) in [5.41, 5.74) is 1.77. The first kappa shape index (κ1) is 24.8. The number of nitrogens with zero attached hydrogens (tertiary/aromatic N) is 2. The van der Waals surface area contributed by atoms with Crippen molar-refractivity contribution in [2.45, 2.75) is 69.6 Å². The molecule has 0 amide bonds. The average Bonchev–Trinajstić information content (AvgIpc) is 3.42. The second kappa shape index (κ2) is 12.3. The van der Waals surface area contributed by atoms with Gasteiger partial charge in [0.15, 0.2) is 0 Å². The van der Waals surface area contributed by atoms with Crippen molar-refractivity contribution in [3.8, 4) is 11.3 Å². The first-order valence-corrected chi connectivity index (χ1v) is 13.7. The van der Waals surface area contributed by atoms with E-state index in [0.717, 1.165) is 81.5 Å². The zero-order valence-electron chi connectivity index (χ0n) is 20.5. The molecule has 4 heterocycles. The van der Waals surface area contributed by atoms with Gasteiger partial charge in [-0.05, 0) is 81.5 Å². The number of hydrogen-bond donors (Lipinski definition) is 3. The highest BCUT2D eigenvalue weighted by molar-refractivity contribution is 6.33. The van der Waals surface area contributed by atoms with Gasteiger partial charge in [-0.25, -0.2) is 9.97 Å². The number of rotatable bonds is 9. The molecule has 1 aliphatic carbocycles. The zero-order valence-corrected chi connectivity index (χ0v) is 21.2. The van der Waals surface area contributed by atoms with Gasteiger partial charge in [0.2, 0.25) is 0 Å². The molecule has 0 aromatic carbocycles. The predicted molar refractivity (Wildman–Crippen MR) is 141 cm³/mol.